The number of rotatable bonds is 8. The number of likely N-dealkylation sites (N-methyl/N-ethyl adjacent to an activating group) is 1. The molecule has 0 aliphatic carbocycles. The van der Waals surface area contributed by atoms with Crippen LogP contribution in [0.1, 0.15) is 13.8 Å². The van der Waals surface area contributed by atoms with Crippen molar-refractivity contribution >= 4 is 17.5 Å². The Morgan fingerprint density at radius 1 is 1.15 bits per heavy atom. The molecule has 0 spiro atoms. The lowest BCUT2D eigenvalue weighted by atomic mass is 10.1. The fourth-order valence-electron chi connectivity index (χ4n) is 3.60. The molecule has 0 bridgehead atoms. The maximum atomic E-state index is 14.8. The van der Waals surface area contributed by atoms with Crippen molar-refractivity contribution in [2.24, 2.45) is 0 Å². The second-order valence-corrected chi connectivity index (χ2v) is 8.49. The molecule has 0 atom stereocenters. The second kappa shape index (κ2) is 10.2. The predicted molar refractivity (Wildman–Crippen MR) is 127 cm³/mol. The van der Waals surface area contributed by atoms with Crippen molar-refractivity contribution in [2.75, 3.05) is 50.6 Å². The number of hydrogen-bond acceptors (Lipinski definition) is 8. The highest BCUT2D eigenvalue weighted by Crippen LogP contribution is 2.39. The number of anilines is 3. The van der Waals surface area contributed by atoms with Crippen LogP contribution in [0.3, 0.4) is 0 Å². The van der Waals surface area contributed by atoms with Gasteiger partial charge < -0.3 is 24.6 Å². The molecule has 0 saturated heterocycles. The number of pyridine rings is 1. The van der Waals surface area contributed by atoms with Crippen LogP contribution in [-0.4, -0.2) is 66.3 Å². The summed E-state index contributed by atoms with van der Waals surface area (Å²) < 4.78 is 40.7. The van der Waals surface area contributed by atoms with Crippen LogP contribution < -0.4 is 19.7 Å². The molecule has 8 nitrogen and oxygen atoms in total. The van der Waals surface area contributed by atoms with E-state index in [9.17, 15) is 8.78 Å². The molecule has 0 fully saturated rings. The van der Waals surface area contributed by atoms with Crippen LogP contribution in [-0.2, 0) is 0 Å². The normalized spacial score (nSPS) is 13.1. The number of fused-ring (bicyclic) bond motifs is 1. The average Bonchev–Trinajstić information content (AvgIpc) is 2.80. The summed E-state index contributed by atoms with van der Waals surface area (Å²) in [5.41, 5.74) is 0.861. The van der Waals surface area contributed by atoms with Crippen molar-refractivity contribution in [1.82, 2.24) is 19.9 Å². The van der Waals surface area contributed by atoms with E-state index in [2.05, 4.69) is 20.3 Å². The molecule has 1 aliphatic rings. The Morgan fingerprint density at radius 3 is 2.68 bits per heavy atom. The smallest absolute Gasteiger partial charge is 0.229 e. The summed E-state index contributed by atoms with van der Waals surface area (Å²) in [6.45, 7) is 6.37. The SMILES string of the molecule is CC(C)N1CCOc2c(F)cc(-c3nc(Nc4ccc(OCCN(C)C)cn4)ncc3F)cc21. The van der Waals surface area contributed by atoms with E-state index in [-0.39, 0.29) is 23.4 Å². The Bertz CT molecular complexity index is 1140. The minimum atomic E-state index is -0.657. The monoisotopic (exact) mass is 470 g/mol. The lowest BCUT2D eigenvalue weighted by Crippen LogP contribution is -2.38. The first-order chi connectivity index (χ1) is 16.3. The van der Waals surface area contributed by atoms with Gasteiger partial charge in [-0.2, -0.15) is 0 Å². The van der Waals surface area contributed by atoms with Gasteiger partial charge in [0.25, 0.3) is 0 Å². The van der Waals surface area contributed by atoms with Gasteiger partial charge in [-0.05, 0) is 52.2 Å². The van der Waals surface area contributed by atoms with Gasteiger partial charge in [0.1, 0.15) is 30.5 Å². The zero-order chi connectivity index (χ0) is 24.2. The first-order valence-corrected chi connectivity index (χ1v) is 11.1. The molecule has 1 aliphatic heterocycles. The number of ether oxygens (including phenoxy) is 2. The van der Waals surface area contributed by atoms with E-state index in [0.29, 0.717) is 42.6 Å². The van der Waals surface area contributed by atoms with E-state index in [1.165, 1.54) is 6.07 Å². The predicted octanol–water partition coefficient (Wildman–Crippen LogP) is 4.11. The Kier molecular flexibility index (Phi) is 7.06. The maximum Gasteiger partial charge on any atom is 0.229 e. The van der Waals surface area contributed by atoms with Gasteiger partial charge in [0.15, 0.2) is 17.4 Å². The van der Waals surface area contributed by atoms with Gasteiger partial charge in [-0.1, -0.05) is 0 Å². The number of benzene rings is 1. The fourth-order valence-corrected chi connectivity index (χ4v) is 3.60. The van der Waals surface area contributed by atoms with Crippen molar-refractivity contribution < 1.29 is 18.3 Å². The molecule has 1 aromatic carbocycles. The molecule has 10 heteroatoms. The molecule has 0 unspecified atom stereocenters. The summed E-state index contributed by atoms with van der Waals surface area (Å²) in [6, 6.07) is 6.55. The van der Waals surface area contributed by atoms with Crippen molar-refractivity contribution in [1.29, 1.82) is 0 Å². The molecule has 2 aromatic heterocycles. The van der Waals surface area contributed by atoms with E-state index in [1.807, 2.05) is 37.7 Å². The Balaban J connectivity index is 1.56. The number of halogens is 2. The van der Waals surface area contributed by atoms with Crippen LogP contribution >= 0.6 is 0 Å². The number of aromatic nitrogens is 3. The van der Waals surface area contributed by atoms with Gasteiger partial charge in [0.05, 0.1) is 24.6 Å². The third kappa shape index (κ3) is 5.33. The molecule has 180 valence electrons. The summed E-state index contributed by atoms with van der Waals surface area (Å²) in [5, 5.41) is 2.95. The highest BCUT2D eigenvalue weighted by atomic mass is 19.1. The Labute approximate surface area is 197 Å². The van der Waals surface area contributed by atoms with E-state index >= 15 is 0 Å². The summed E-state index contributed by atoms with van der Waals surface area (Å²) in [4.78, 5) is 16.6. The molecule has 3 aromatic rings. The quantitative estimate of drug-likeness (QED) is 0.527. The third-order valence-electron chi connectivity index (χ3n) is 5.34. The van der Waals surface area contributed by atoms with Gasteiger partial charge in [-0.15, -0.1) is 0 Å². The first-order valence-electron chi connectivity index (χ1n) is 11.1. The zero-order valence-electron chi connectivity index (χ0n) is 19.7. The molecule has 3 heterocycles. The largest absolute Gasteiger partial charge is 0.491 e. The number of nitrogens with one attached hydrogen (secondary N) is 1. The van der Waals surface area contributed by atoms with Crippen LogP contribution in [0.15, 0.2) is 36.7 Å². The molecular weight excluding hydrogens is 442 g/mol. The van der Waals surface area contributed by atoms with Gasteiger partial charge in [0, 0.05) is 18.2 Å². The van der Waals surface area contributed by atoms with E-state index < -0.39 is 11.6 Å². The number of hydrogen-bond donors (Lipinski definition) is 1. The van der Waals surface area contributed by atoms with Gasteiger partial charge in [-0.3, -0.25) is 0 Å². The van der Waals surface area contributed by atoms with E-state index in [0.717, 1.165) is 12.7 Å². The third-order valence-corrected chi connectivity index (χ3v) is 5.34. The highest BCUT2D eigenvalue weighted by molar-refractivity contribution is 5.73. The average molecular weight is 471 g/mol. The van der Waals surface area contributed by atoms with E-state index in [4.69, 9.17) is 9.47 Å². The Hall–Kier alpha value is -3.53. The Morgan fingerprint density at radius 2 is 1.97 bits per heavy atom. The zero-order valence-corrected chi connectivity index (χ0v) is 19.7. The maximum absolute atomic E-state index is 14.8. The van der Waals surface area contributed by atoms with Crippen LogP contribution in [0.4, 0.5) is 26.2 Å². The van der Waals surface area contributed by atoms with Crippen LogP contribution in [0, 0.1) is 11.6 Å². The standard InChI is InChI=1S/C24H28F2N6O2/c1-15(2)32-8-10-34-23-18(25)11-16(12-20(23)32)22-19(26)14-28-24(30-22)29-21-6-5-17(13-27-21)33-9-7-31(3)4/h5-6,11-15H,7-10H2,1-4H3,(H,27,28,29,30). The van der Waals surface area contributed by atoms with Crippen LogP contribution in [0.25, 0.3) is 11.3 Å². The van der Waals surface area contributed by atoms with Crippen molar-refractivity contribution in [3.63, 3.8) is 0 Å². The van der Waals surface area contributed by atoms with E-state index in [1.54, 1.807) is 24.4 Å². The molecule has 0 radical (unpaired) electrons. The van der Waals surface area contributed by atoms with Crippen molar-refractivity contribution in [3.05, 3.63) is 48.3 Å². The van der Waals surface area contributed by atoms with Crippen LogP contribution in [0.5, 0.6) is 11.5 Å². The van der Waals surface area contributed by atoms with Crippen LogP contribution in [0.2, 0.25) is 0 Å². The van der Waals surface area contributed by atoms with Gasteiger partial charge in [-0.25, -0.2) is 23.7 Å². The second-order valence-electron chi connectivity index (χ2n) is 8.49. The summed E-state index contributed by atoms with van der Waals surface area (Å²) in [6.07, 6.45) is 2.64. The lowest BCUT2D eigenvalue weighted by Gasteiger charge is -2.34. The minimum Gasteiger partial charge on any atom is -0.491 e. The summed E-state index contributed by atoms with van der Waals surface area (Å²) in [5.74, 6) is 0.198. The molecule has 1 N–H and O–H groups in total. The molecule has 0 amide bonds. The molecular formula is C24H28F2N6O2. The highest BCUT2D eigenvalue weighted by Gasteiger charge is 2.25. The van der Waals surface area contributed by atoms with Crippen molar-refractivity contribution in [2.45, 2.75) is 19.9 Å². The summed E-state index contributed by atoms with van der Waals surface area (Å²) in [7, 11) is 3.94. The molecule has 4 rings (SSSR count). The minimum absolute atomic E-state index is 0.0166. The van der Waals surface area contributed by atoms with Gasteiger partial charge in [0.2, 0.25) is 5.95 Å². The molecule has 0 saturated carbocycles. The van der Waals surface area contributed by atoms with Gasteiger partial charge >= 0.3 is 0 Å². The summed E-state index contributed by atoms with van der Waals surface area (Å²) >= 11 is 0. The topological polar surface area (TPSA) is 75.6 Å². The number of nitrogens with zero attached hydrogens (tertiary/aromatic N) is 5. The van der Waals surface area contributed by atoms with Crippen molar-refractivity contribution in [3.8, 4) is 22.8 Å². The molecule has 34 heavy (non-hydrogen) atoms. The lowest BCUT2D eigenvalue weighted by molar-refractivity contribution is 0.260. The first kappa shape index (κ1) is 23.6. The fraction of sp³-hybridized carbons (Fsp3) is 0.375.